The maximum absolute atomic E-state index is 13.3. The van der Waals surface area contributed by atoms with Gasteiger partial charge in [0.15, 0.2) is 5.82 Å². The molecule has 2 aromatic heterocycles. The molecule has 0 spiro atoms. The second kappa shape index (κ2) is 7.07. The van der Waals surface area contributed by atoms with Crippen molar-refractivity contribution in [2.24, 2.45) is 0 Å². The number of nitrogens with zero attached hydrogens (tertiary/aromatic N) is 5. The third-order valence-electron chi connectivity index (χ3n) is 5.02. The Morgan fingerprint density at radius 2 is 1.88 bits per heavy atom. The molecule has 10 heteroatoms. The molecule has 0 amide bonds. The average Bonchev–Trinajstić information content (AvgIpc) is 3.08. The van der Waals surface area contributed by atoms with Gasteiger partial charge in [-0.05, 0) is 31.7 Å². The first-order chi connectivity index (χ1) is 12.5. The number of sulfonamides is 1. The van der Waals surface area contributed by atoms with Crippen LogP contribution < -0.4 is 0 Å². The highest BCUT2D eigenvalue weighted by Gasteiger charge is 2.38. The summed E-state index contributed by atoms with van der Waals surface area (Å²) < 4.78 is 30.1. The normalized spacial score (nSPS) is 21.5. The standard InChI is InChI=1S/C16H19Cl2N5O2S/c17-12-9-11(10-19-15(12)18)26(24,25)23-8-4-1-5-13(23)16-21-20-14-6-2-3-7-22(14)16/h9-10,13H,1-8H2. The largest absolute Gasteiger partial charge is 0.314 e. The quantitative estimate of drug-likeness (QED) is 0.718. The van der Waals surface area contributed by atoms with Crippen LogP contribution in [-0.2, 0) is 23.0 Å². The van der Waals surface area contributed by atoms with E-state index in [0.29, 0.717) is 6.54 Å². The van der Waals surface area contributed by atoms with Gasteiger partial charge in [-0.25, -0.2) is 13.4 Å². The lowest BCUT2D eigenvalue weighted by Gasteiger charge is -2.34. The minimum absolute atomic E-state index is 0.0529. The molecule has 0 N–H and O–H groups in total. The van der Waals surface area contributed by atoms with Gasteiger partial charge in [-0.2, -0.15) is 4.31 Å². The summed E-state index contributed by atoms with van der Waals surface area (Å²) in [6, 6.07) is 1.04. The smallest absolute Gasteiger partial charge is 0.245 e. The summed E-state index contributed by atoms with van der Waals surface area (Å²) in [5, 5.41) is 8.86. The van der Waals surface area contributed by atoms with Crippen LogP contribution in [0.1, 0.15) is 49.8 Å². The van der Waals surface area contributed by atoms with Gasteiger partial charge in [0.25, 0.3) is 0 Å². The van der Waals surface area contributed by atoms with E-state index in [9.17, 15) is 8.42 Å². The van der Waals surface area contributed by atoms with E-state index in [4.69, 9.17) is 23.2 Å². The van der Waals surface area contributed by atoms with E-state index < -0.39 is 10.0 Å². The second-order valence-electron chi connectivity index (χ2n) is 6.65. The van der Waals surface area contributed by atoms with Crippen LogP contribution in [0.4, 0.5) is 0 Å². The van der Waals surface area contributed by atoms with Crippen molar-refractivity contribution in [1.82, 2.24) is 24.1 Å². The molecule has 4 rings (SSSR count). The van der Waals surface area contributed by atoms with Gasteiger partial charge >= 0.3 is 0 Å². The summed E-state index contributed by atoms with van der Waals surface area (Å²) in [6.07, 6.45) is 6.81. The summed E-state index contributed by atoms with van der Waals surface area (Å²) in [5.41, 5.74) is 0. The molecule has 1 fully saturated rings. The van der Waals surface area contributed by atoms with Gasteiger partial charge < -0.3 is 4.57 Å². The summed E-state index contributed by atoms with van der Waals surface area (Å²) in [7, 11) is -3.76. The van der Waals surface area contributed by atoms with Crippen LogP contribution in [-0.4, -0.2) is 39.0 Å². The molecule has 2 aromatic rings. The Balaban J connectivity index is 1.73. The lowest BCUT2D eigenvalue weighted by atomic mass is 10.0. The molecule has 1 atom stereocenters. The van der Waals surface area contributed by atoms with Crippen LogP contribution in [0.2, 0.25) is 10.2 Å². The molecule has 0 bridgehead atoms. The molecular formula is C16H19Cl2N5O2S. The molecule has 2 aliphatic heterocycles. The molecule has 0 aromatic carbocycles. The Kier molecular flexibility index (Phi) is 4.94. The maximum atomic E-state index is 13.3. The van der Waals surface area contributed by atoms with Crippen molar-refractivity contribution < 1.29 is 8.42 Å². The number of halogens is 2. The molecule has 1 unspecified atom stereocenters. The average molecular weight is 416 g/mol. The third kappa shape index (κ3) is 3.13. The van der Waals surface area contributed by atoms with E-state index in [0.717, 1.165) is 56.7 Å². The van der Waals surface area contributed by atoms with Crippen molar-refractivity contribution in [2.75, 3.05) is 6.54 Å². The van der Waals surface area contributed by atoms with Gasteiger partial charge in [0.1, 0.15) is 15.9 Å². The molecule has 26 heavy (non-hydrogen) atoms. The van der Waals surface area contributed by atoms with Crippen molar-refractivity contribution in [3.63, 3.8) is 0 Å². The number of rotatable bonds is 3. The first-order valence-corrected chi connectivity index (χ1v) is 10.9. The van der Waals surface area contributed by atoms with Crippen molar-refractivity contribution >= 4 is 33.2 Å². The number of aryl methyl sites for hydroxylation is 1. The Morgan fingerprint density at radius 3 is 2.69 bits per heavy atom. The van der Waals surface area contributed by atoms with Gasteiger partial charge in [0.05, 0.1) is 11.1 Å². The number of hydrogen-bond donors (Lipinski definition) is 0. The molecule has 1 saturated heterocycles. The highest BCUT2D eigenvalue weighted by Crippen LogP contribution is 2.36. The van der Waals surface area contributed by atoms with Crippen LogP contribution in [0.25, 0.3) is 0 Å². The Hall–Kier alpha value is -1.22. The summed E-state index contributed by atoms with van der Waals surface area (Å²) in [6.45, 7) is 1.28. The zero-order valence-corrected chi connectivity index (χ0v) is 16.4. The minimum atomic E-state index is -3.76. The molecule has 7 nitrogen and oxygen atoms in total. The number of fused-ring (bicyclic) bond motifs is 1. The summed E-state index contributed by atoms with van der Waals surface area (Å²) >= 11 is 11.8. The predicted octanol–water partition coefficient (Wildman–Crippen LogP) is 3.23. The monoisotopic (exact) mass is 415 g/mol. The fourth-order valence-electron chi connectivity index (χ4n) is 3.71. The van der Waals surface area contributed by atoms with Gasteiger partial charge in [0.2, 0.25) is 10.0 Å². The number of hydrogen-bond acceptors (Lipinski definition) is 5. The van der Waals surface area contributed by atoms with Crippen LogP contribution in [0.15, 0.2) is 17.2 Å². The molecule has 0 radical (unpaired) electrons. The van der Waals surface area contributed by atoms with E-state index in [2.05, 4.69) is 19.7 Å². The van der Waals surface area contributed by atoms with Crippen LogP contribution in [0.3, 0.4) is 0 Å². The van der Waals surface area contributed by atoms with E-state index in [1.54, 1.807) is 0 Å². The highest BCUT2D eigenvalue weighted by molar-refractivity contribution is 7.89. The first kappa shape index (κ1) is 18.2. The topological polar surface area (TPSA) is 81.0 Å². The van der Waals surface area contributed by atoms with Crippen LogP contribution >= 0.6 is 23.2 Å². The maximum Gasteiger partial charge on any atom is 0.245 e. The van der Waals surface area contributed by atoms with E-state index in [1.807, 2.05) is 0 Å². The first-order valence-electron chi connectivity index (χ1n) is 8.73. The van der Waals surface area contributed by atoms with Gasteiger partial charge in [-0.1, -0.05) is 29.6 Å². The number of aromatic nitrogens is 4. The van der Waals surface area contributed by atoms with E-state index >= 15 is 0 Å². The minimum Gasteiger partial charge on any atom is -0.314 e. The van der Waals surface area contributed by atoms with Crippen LogP contribution in [0, 0.1) is 0 Å². The molecule has 2 aliphatic rings. The SMILES string of the molecule is O=S(=O)(c1cnc(Cl)c(Cl)c1)N1CCCCC1c1nnc2n1CCCC2. The number of piperidine rings is 1. The van der Waals surface area contributed by atoms with Gasteiger partial charge in [0, 0.05) is 25.7 Å². The van der Waals surface area contributed by atoms with Crippen molar-refractivity contribution in [3.8, 4) is 0 Å². The lowest BCUT2D eigenvalue weighted by molar-refractivity contribution is 0.239. The van der Waals surface area contributed by atoms with Gasteiger partial charge in [-0.15, -0.1) is 10.2 Å². The molecular weight excluding hydrogens is 397 g/mol. The van der Waals surface area contributed by atoms with Crippen molar-refractivity contribution in [1.29, 1.82) is 0 Å². The Bertz CT molecular complexity index is 931. The molecule has 0 aliphatic carbocycles. The molecule has 0 saturated carbocycles. The van der Waals surface area contributed by atoms with Crippen LogP contribution in [0.5, 0.6) is 0 Å². The summed E-state index contributed by atoms with van der Waals surface area (Å²) in [4.78, 5) is 3.95. The Labute approximate surface area is 162 Å². The third-order valence-corrected chi connectivity index (χ3v) is 7.58. The zero-order valence-electron chi connectivity index (χ0n) is 14.1. The number of pyridine rings is 1. The lowest BCUT2D eigenvalue weighted by Crippen LogP contribution is -2.40. The Morgan fingerprint density at radius 1 is 1.08 bits per heavy atom. The highest BCUT2D eigenvalue weighted by atomic mass is 35.5. The van der Waals surface area contributed by atoms with Gasteiger partial charge in [-0.3, -0.25) is 0 Å². The van der Waals surface area contributed by atoms with Crippen molar-refractivity contribution in [3.05, 3.63) is 34.1 Å². The fourth-order valence-corrected chi connectivity index (χ4v) is 5.67. The van der Waals surface area contributed by atoms with E-state index in [1.165, 1.54) is 16.6 Å². The molecule has 140 valence electrons. The zero-order chi connectivity index (χ0) is 18.3. The predicted molar refractivity (Wildman–Crippen MR) is 97.7 cm³/mol. The molecule has 4 heterocycles. The van der Waals surface area contributed by atoms with Crippen molar-refractivity contribution in [2.45, 2.75) is 56.0 Å². The fraction of sp³-hybridized carbons (Fsp3) is 0.562. The van der Waals surface area contributed by atoms with E-state index in [-0.39, 0.29) is 21.1 Å². The second-order valence-corrected chi connectivity index (χ2v) is 9.31. The summed E-state index contributed by atoms with van der Waals surface area (Å²) in [5.74, 6) is 1.70.